The molecule has 7 nitrogen and oxygen atoms in total. The summed E-state index contributed by atoms with van der Waals surface area (Å²) in [5, 5.41) is 13.4. The zero-order chi connectivity index (χ0) is 26.5. The quantitative estimate of drug-likeness (QED) is 0.323. The van der Waals surface area contributed by atoms with Gasteiger partial charge < -0.3 is 19.3 Å². The van der Waals surface area contributed by atoms with Gasteiger partial charge in [0.05, 0.1) is 12.2 Å². The van der Waals surface area contributed by atoms with Crippen LogP contribution in [0.15, 0.2) is 42.5 Å². The third kappa shape index (κ3) is 6.98. The van der Waals surface area contributed by atoms with Gasteiger partial charge in [-0.25, -0.2) is 9.67 Å². The van der Waals surface area contributed by atoms with E-state index in [0.29, 0.717) is 35.3 Å². The summed E-state index contributed by atoms with van der Waals surface area (Å²) in [6, 6.07) is 10.3. The van der Waals surface area contributed by atoms with Crippen molar-refractivity contribution in [1.82, 2.24) is 14.8 Å². The SMILES string of the molecule is CCCn1nc(-c2ccc(C(F)(F)F)cc2)nc1C(C)Oc1ccc(OC(C)(C)COCO)c(C)c1. The minimum atomic E-state index is -4.40. The van der Waals surface area contributed by atoms with Crippen molar-refractivity contribution in [2.75, 3.05) is 13.4 Å². The Bertz CT molecular complexity index is 1140. The Morgan fingerprint density at radius 3 is 2.36 bits per heavy atom. The van der Waals surface area contributed by atoms with Crippen LogP contribution in [0.25, 0.3) is 11.4 Å². The van der Waals surface area contributed by atoms with Gasteiger partial charge in [-0.2, -0.15) is 18.3 Å². The average Bonchev–Trinajstić information content (AvgIpc) is 3.23. The Kier molecular flexibility index (Phi) is 8.63. The number of ether oxygens (including phenoxy) is 3. The second-order valence-corrected chi connectivity index (χ2v) is 9.12. The van der Waals surface area contributed by atoms with E-state index >= 15 is 0 Å². The second kappa shape index (κ2) is 11.3. The van der Waals surface area contributed by atoms with E-state index in [4.69, 9.17) is 19.3 Å². The first-order valence-electron chi connectivity index (χ1n) is 11.7. The number of hydrogen-bond acceptors (Lipinski definition) is 6. The molecule has 0 bridgehead atoms. The van der Waals surface area contributed by atoms with Gasteiger partial charge in [0.2, 0.25) is 0 Å². The van der Waals surface area contributed by atoms with Gasteiger partial charge in [0, 0.05) is 12.1 Å². The Morgan fingerprint density at radius 1 is 1.08 bits per heavy atom. The van der Waals surface area contributed by atoms with Gasteiger partial charge in [-0.3, -0.25) is 0 Å². The van der Waals surface area contributed by atoms with Crippen LogP contribution in [0, 0.1) is 6.92 Å². The molecular formula is C26H32F3N3O4. The van der Waals surface area contributed by atoms with Crippen LogP contribution in [0.1, 0.15) is 57.2 Å². The predicted molar refractivity (Wildman–Crippen MR) is 129 cm³/mol. The lowest BCUT2D eigenvalue weighted by atomic mass is 10.1. The molecule has 3 aromatic rings. The van der Waals surface area contributed by atoms with Crippen LogP contribution in [0.2, 0.25) is 0 Å². The highest BCUT2D eigenvalue weighted by molar-refractivity contribution is 5.55. The molecule has 0 saturated carbocycles. The average molecular weight is 508 g/mol. The Morgan fingerprint density at radius 2 is 1.78 bits per heavy atom. The van der Waals surface area contributed by atoms with Crippen LogP contribution >= 0.6 is 0 Å². The number of aromatic nitrogens is 3. The fraction of sp³-hybridized carbons (Fsp3) is 0.462. The topological polar surface area (TPSA) is 78.6 Å². The minimum absolute atomic E-state index is 0.229. The van der Waals surface area contributed by atoms with E-state index in [1.54, 1.807) is 10.7 Å². The van der Waals surface area contributed by atoms with E-state index in [9.17, 15) is 13.2 Å². The summed E-state index contributed by atoms with van der Waals surface area (Å²) in [6.45, 7) is 9.93. The van der Waals surface area contributed by atoms with Crippen molar-refractivity contribution in [2.45, 2.75) is 65.5 Å². The van der Waals surface area contributed by atoms with E-state index in [1.165, 1.54) is 12.1 Å². The Hall–Kier alpha value is -3.11. The molecule has 3 rings (SSSR count). The fourth-order valence-electron chi connectivity index (χ4n) is 3.65. The number of benzene rings is 2. The summed E-state index contributed by atoms with van der Waals surface area (Å²) >= 11 is 0. The van der Waals surface area contributed by atoms with Gasteiger partial charge >= 0.3 is 6.18 Å². The van der Waals surface area contributed by atoms with Crippen molar-refractivity contribution >= 4 is 0 Å². The summed E-state index contributed by atoms with van der Waals surface area (Å²) in [4.78, 5) is 4.59. The predicted octanol–water partition coefficient (Wildman–Crippen LogP) is 5.95. The highest BCUT2D eigenvalue weighted by Gasteiger charge is 2.30. The number of aliphatic hydroxyl groups is 1. The number of hydrogen-bond donors (Lipinski definition) is 1. The van der Waals surface area contributed by atoms with Gasteiger partial charge in [0.1, 0.15) is 23.9 Å². The number of aliphatic hydroxyl groups excluding tert-OH is 1. The maximum absolute atomic E-state index is 12.9. The molecule has 0 aliphatic carbocycles. The molecule has 2 aromatic carbocycles. The summed E-state index contributed by atoms with van der Waals surface area (Å²) in [7, 11) is 0. The number of nitrogens with zero attached hydrogens (tertiary/aromatic N) is 3. The van der Waals surface area contributed by atoms with Crippen molar-refractivity contribution < 1.29 is 32.5 Å². The van der Waals surface area contributed by atoms with Crippen LogP contribution in [-0.2, 0) is 17.5 Å². The zero-order valence-corrected chi connectivity index (χ0v) is 21.1. The number of rotatable bonds is 11. The molecule has 10 heteroatoms. The highest BCUT2D eigenvalue weighted by Crippen LogP contribution is 2.32. The van der Waals surface area contributed by atoms with Crippen molar-refractivity contribution in [2.24, 2.45) is 0 Å². The van der Waals surface area contributed by atoms with Gasteiger partial charge in [0.25, 0.3) is 0 Å². The van der Waals surface area contributed by atoms with E-state index in [1.807, 2.05) is 46.8 Å². The van der Waals surface area contributed by atoms with Crippen molar-refractivity contribution in [3.8, 4) is 22.9 Å². The van der Waals surface area contributed by atoms with Crippen LogP contribution in [0.5, 0.6) is 11.5 Å². The Labute approximate surface area is 208 Å². The first-order chi connectivity index (χ1) is 16.9. The molecule has 1 N–H and O–H groups in total. The largest absolute Gasteiger partial charge is 0.485 e. The Balaban J connectivity index is 1.78. The number of alkyl halides is 3. The molecule has 0 aliphatic heterocycles. The van der Waals surface area contributed by atoms with E-state index in [-0.39, 0.29) is 13.4 Å². The van der Waals surface area contributed by atoms with E-state index < -0.39 is 23.4 Å². The first kappa shape index (κ1) is 27.5. The monoisotopic (exact) mass is 507 g/mol. The molecule has 1 aromatic heterocycles. The lowest BCUT2D eigenvalue weighted by Crippen LogP contribution is -2.34. The molecule has 0 saturated heterocycles. The summed E-state index contributed by atoms with van der Waals surface area (Å²) in [5.41, 5.74) is 0.00554. The first-order valence-corrected chi connectivity index (χ1v) is 11.7. The van der Waals surface area contributed by atoms with Crippen LogP contribution < -0.4 is 9.47 Å². The third-order valence-corrected chi connectivity index (χ3v) is 5.36. The maximum atomic E-state index is 12.9. The lowest BCUT2D eigenvalue weighted by Gasteiger charge is -2.27. The standard InChI is InChI=1S/C26H32F3N3O4/c1-6-13-32-24(30-23(31-32)19-7-9-20(10-8-19)26(27,28)29)18(3)35-21-11-12-22(17(2)14-21)36-25(4,5)15-34-16-33/h7-12,14,18,33H,6,13,15-16H2,1-5H3. The number of aryl methyl sites for hydroxylation is 2. The van der Waals surface area contributed by atoms with Crippen molar-refractivity contribution in [1.29, 1.82) is 0 Å². The van der Waals surface area contributed by atoms with E-state index in [2.05, 4.69) is 10.1 Å². The van der Waals surface area contributed by atoms with Gasteiger partial charge in [0.15, 0.2) is 17.8 Å². The minimum Gasteiger partial charge on any atom is -0.485 e. The fourth-order valence-corrected chi connectivity index (χ4v) is 3.65. The van der Waals surface area contributed by atoms with Gasteiger partial charge in [-0.15, -0.1) is 0 Å². The molecule has 1 atom stereocenters. The molecular weight excluding hydrogens is 475 g/mol. The summed E-state index contributed by atoms with van der Waals surface area (Å²) < 4.78 is 57.7. The highest BCUT2D eigenvalue weighted by atomic mass is 19.4. The summed E-state index contributed by atoms with van der Waals surface area (Å²) in [5.74, 6) is 2.20. The van der Waals surface area contributed by atoms with Crippen molar-refractivity contribution in [3.05, 3.63) is 59.4 Å². The number of halogens is 3. The molecule has 0 amide bonds. The van der Waals surface area contributed by atoms with E-state index in [0.717, 1.165) is 24.1 Å². The molecule has 36 heavy (non-hydrogen) atoms. The molecule has 1 unspecified atom stereocenters. The maximum Gasteiger partial charge on any atom is 0.416 e. The summed E-state index contributed by atoms with van der Waals surface area (Å²) in [6.07, 6.45) is -4.06. The molecule has 196 valence electrons. The smallest absolute Gasteiger partial charge is 0.416 e. The second-order valence-electron chi connectivity index (χ2n) is 9.12. The lowest BCUT2D eigenvalue weighted by molar-refractivity contribution is -0.137. The zero-order valence-electron chi connectivity index (χ0n) is 21.1. The third-order valence-electron chi connectivity index (χ3n) is 5.36. The van der Waals surface area contributed by atoms with Gasteiger partial charge in [-0.05, 0) is 70.0 Å². The van der Waals surface area contributed by atoms with Crippen LogP contribution in [0.4, 0.5) is 13.2 Å². The molecule has 0 spiro atoms. The molecule has 0 fully saturated rings. The molecule has 0 aliphatic rings. The van der Waals surface area contributed by atoms with Crippen LogP contribution in [-0.4, -0.2) is 38.9 Å². The molecule has 0 radical (unpaired) electrons. The van der Waals surface area contributed by atoms with Crippen LogP contribution in [0.3, 0.4) is 0 Å². The van der Waals surface area contributed by atoms with Gasteiger partial charge in [-0.1, -0.05) is 19.1 Å². The van der Waals surface area contributed by atoms with Crippen molar-refractivity contribution in [3.63, 3.8) is 0 Å². The molecule has 1 heterocycles. The normalized spacial score (nSPS) is 13.0.